The molecule has 0 radical (unpaired) electrons. The Bertz CT molecular complexity index is 917. The van der Waals surface area contributed by atoms with Crippen molar-refractivity contribution in [3.8, 4) is 5.69 Å². The lowest BCUT2D eigenvalue weighted by molar-refractivity contribution is 0.0949. The maximum Gasteiger partial charge on any atom is 0.255 e. The topological polar surface area (TPSA) is 59.8 Å². The van der Waals surface area contributed by atoms with Gasteiger partial charge in [-0.1, -0.05) is 19.9 Å². The van der Waals surface area contributed by atoms with Gasteiger partial charge in [0.15, 0.2) is 0 Å². The molecule has 2 heterocycles. The third-order valence-corrected chi connectivity index (χ3v) is 4.26. The van der Waals surface area contributed by atoms with Gasteiger partial charge in [-0.3, -0.25) is 9.78 Å². The van der Waals surface area contributed by atoms with E-state index in [1.165, 1.54) is 12.1 Å². The minimum absolute atomic E-state index is 0.166. The molecule has 0 saturated carbocycles. The molecule has 2 aromatic heterocycles. The number of nitrogens with zero attached hydrogens (tertiary/aromatic N) is 3. The molecule has 5 nitrogen and oxygen atoms in total. The monoisotopic (exact) mass is 366 g/mol. The first-order chi connectivity index (χ1) is 13.0. The zero-order chi connectivity index (χ0) is 19.4. The Morgan fingerprint density at radius 1 is 1.22 bits per heavy atom. The van der Waals surface area contributed by atoms with Crippen LogP contribution in [0.25, 0.3) is 5.69 Å². The summed E-state index contributed by atoms with van der Waals surface area (Å²) in [5.41, 5.74) is 3.72. The average molecular weight is 366 g/mol. The normalized spacial score (nSPS) is 11.0. The molecule has 6 heteroatoms. The van der Waals surface area contributed by atoms with E-state index < -0.39 is 0 Å². The first-order valence-electron chi connectivity index (χ1n) is 8.97. The lowest BCUT2D eigenvalue weighted by atomic mass is 10.0. The molecule has 0 aliphatic heterocycles. The van der Waals surface area contributed by atoms with Crippen molar-refractivity contribution in [2.45, 2.75) is 33.7 Å². The molecule has 0 bridgehead atoms. The van der Waals surface area contributed by atoms with Crippen molar-refractivity contribution in [1.29, 1.82) is 0 Å². The zero-order valence-corrected chi connectivity index (χ0v) is 15.7. The van der Waals surface area contributed by atoms with Gasteiger partial charge < -0.3 is 5.32 Å². The number of pyridine rings is 1. The molecule has 0 saturated heterocycles. The van der Waals surface area contributed by atoms with Crippen LogP contribution in [0.2, 0.25) is 0 Å². The standard InChI is InChI=1S/C21H23FN4O/c1-14(2)11-19-20(21(27)24-13-16-5-4-10-23-12-16)15(3)26(25-19)18-8-6-17(22)7-9-18/h4-10,12,14H,11,13H2,1-3H3,(H,24,27). The van der Waals surface area contributed by atoms with Crippen LogP contribution in [0, 0.1) is 18.7 Å². The summed E-state index contributed by atoms with van der Waals surface area (Å²) in [4.78, 5) is 17.0. The number of carbonyl (C=O) groups excluding carboxylic acids is 1. The van der Waals surface area contributed by atoms with Gasteiger partial charge in [0.2, 0.25) is 0 Å². The van der Waals surface area contributed by atoms with Crippen LogP contribution in [0.3, 0.4) is 0 Å². The van der Waals surface area contributed by atoms with Crippen LogP contribution < -0.4 is 5.32 Å². The first-order valence-corrected chi connectivity index (χ1v) is 8.97. The van der Waals surface area contributed by atoms with Crippen LogP contribution >= 0.6 is 0 Å². The first kappa shape index (κ1) is 18.8. The minimum Gasteiger partial charge on any atom is -0.348 e. The van der Waals surface area contributed by atoms with Gasteiger partial charge >= 0.3 is 0 Å². The smallest absolute Gasteiger partial charge is 0.255 e. The van der Waals surface area contributed by atoms with Crippen LogP contribution in [0.4, 0.5) is 4.39 Å². The highest BCUT2D eigenvalue weighted by Gasteiger charge is 2.22. The second-order valence-corrected chi connectivity index (χ2v) is 6.94. The van der Waals surface area contributed by atoms with Gasteiger partial charge in [0.1, 0.15) is 5.82 Å². The summed E-state index contributed by atoms with van der Waals surface area (Å²) < 4.78 is 15.0. The summed E-state index contributed by atoms with van der Waals surface area (Å²) in [6.07, 6.45) is 4.11. The van der Waals surface area contributed by atoms with E-state index in [0.717, 1.165) is 22.6 Å². The van der Waals surface area contributed by atoms with E-state index >= 15 is 0 Å². The van der Waals surface area contributed by atoms with Gasteiger partial charge in [-0.2, -0.15) is 5.10 Å². The molecule has 0 aliphatic carbocycles. The molecule has 1 amide bonds. The highest BCUT2D eigenvalue weighted by Crippen LogP contribution is 2.21. The predicted octanol–water partition coefficient (Wildman–Crippen LogP) is 3.84. The van der Waals surface area contributed by atoms with Gasteiger partial charge in [-0.15, -0.1) is 0 Å². The second-order valence-electron chi connectivity index (χ2n) is 6.94. The largest absolute Gasteiger partial charge is 0.348 e. The Balaban J connectivity index is 1.92. The fourth-order valence-electron chi connectivity index (χ4n) is 2.99. The van der Waals surface area contributed by atoms with Crippen molar-refractivity contribution in [3.05, 3.63) is 77.1 Å². The van der Waals surface area contributed by atoms with Crippen molar-refractivity contribution in [3.63, 3.8) is 0 Å². The predicted molar refractivity (Wildman–Crippen MR) is 102 cm³/mol. The minimum atomic E-state index is -0.305. The molecular formula is C21H23FN4O. The number of hydrogen-bond donors (Lipinski definition) is 1. The molecule has 0 fully saturated rings. The van der Waals surface area contributed by atoms with Gasteiger partial charge in [0.25, 0.3) is 5.91 Å². The Hall–Kier alpha value is -3.02. The number of aromatic nitrogens is 3. The highest BCUT2D eigenvalue weighted by atomic mass is 19.1. The number of hydrogen-bond acceptors (Lipinski definition) is 3. The fraction of sp³-hybridized carbons (Fsp3) is 0.286. The Labute approximate surface area is 158 Å². The van der Waals surface area contributed by atoms with E-state index in [0.29, 0.717) is 24.4 Å². The van der Waals surface area contributed by atoms with Crippen molar-refractivity contribution in [2.75, 3.05) is 0 Å². The summed E-state index contributed by atoms with van der Waals surface area (Å²) >= 11 is 0. The molecular weight excluding hydrogens is 343 g/mol. The molecule has 1 aromatic carbocycles. The number of carbonyl (C=O) groups is 1. The zero-order valence-electron chi connectivity index (χ0n) is 15.7. The van der Waals surface area contributed by atoms with Gasteiger partial charge in [-0.25, -0.2) is 9.07 Å². The Kier molecular flexibility index (Phi) is 5.64. The molecule has 0 spiro atoms. The van der Waals surface area contributed by atoms with Gasteiger partial charge in [0, 0.05) is 18.9 Å². The summed E-state index contributed by atoms with van der Waals surface area (Å²) in [5, 5.41) is 7.60. The molecule has 27 heavy (non-hydrogen) atoms. The van der Waals surface area contributed by atoms with E-state index in [1.54, 1.807) is 29.2 Å². The van der Waals surface area contributed by atoms with Crippen LogP contribution in [0.5, 0.6) is 0 Å². The highest BCUT2D eigenvalue weighted by molar-refractivity contribution is 5.96. The number of amides is 1. The molecule has 0 unspecified atom stereocenters. The number of benzene rings is 1. The fourth-order valence-corrected chi connectivity index (χ4v) is 2.99. The lowest BCUT2D eigenvalue weighted by Gasteiger charge is -2.08. The van der Waals surface area contributed by atoms with Crippen molar-refractivity contribution in [1.82, 2.24) is 20.1 Å². The van der Waals surface area contributed by atoms with Crippen molar-refractivity contribution in [2.24, 2.45) is 5.92 Å². The maximum atomic E-state index is 13.3. The quantitative estimate of drug-likeness (QED) is 0.721. The van der Waals surface area contributed by atoms with Gasteiger partial charge in [-0.05, 0) is 55.2 Å². The van der Waals surface area contributed by atoms with Crippen molar-refractivity contribution < 1.29 is 9.18 Å². The molecule has 0 atom stereocenters. The van der Waals surface area contributed by atoms with E-state index in [1.807, 2.05) is 19.1 Å². The van der Waals surface area contributed by atoms with Gasteiger partial charge in [0.05, 0.1) is 22.6 Å². The maximum absolute atomic E-state index is 13.3. The third kappa shape index (κ3) is 4.39. The molecule has 3 aromatic rings. The number of nitrogens with one attached hydrogen (secondary N) is 1. The van der Waals surface area contributed by atoms with Crippen molar-refractivity contribution >= 4 is 5.91 Å². The summed E-state index contributed by atoms with van der Waals surface area (Å²) in [7, 11) is 0. The van der Waals surface area contributed by atoms with E-state index in [2.05, 4.69) is 29.2 Å². The molecule has 0 aliphatic rings. The lowest BCUT2D eigenvalue weighted by Crippen LogP contribution is -2.24. The van der Waals surface area contributed by atoms with Crippen LogP contribution in [-0.4, -0.2) is 20.7 Å². The van der Waals surface area contributed by atoms with Crippen LogP contribution in [-0.2, 0) is 13.0 Å². The Morgan fingerprint density at radius 2 is 1.96 bits per heavy atom. The second kappa shape index (κ2) is 8.12. The summed E-state index contributed by atoms with van der Waals surface area (Å²) in [5.74, 6) is -0.119. The van der Waals surface area contributed by atoms with Crippen LogP contribution in [0.15, 0.2) is 48.8 Å². The average Bonchev–Trinajstić information content (AvgIpc) is 2.96. The molecule has 1 N–H and O–H groups in total. The Morgan fingerprint density at radius 3 is 2.59 bits per heavy atom. The van der Waals surface area contributed by atoms with E-state index in [4.69, 9.17) is 0 Å². The SMILES string of the molecule is Cc1c(C(=O)NCc2cccnc2)c(CC(C)C)nn1-c1ccc(F)cc1. The summed E-state index contributed by atoms with van der Waals surface area (Å²) in [6, 6.07) is 9.85. The summed E-state index contributed by atoms with van der Waals surface area (Å²) in [6.45, 7) is 6.43. The molecule has 3 rings (SSSR count). The third-order valence-electron chi connectivity index (χ3n) is 4.26. The van der Waals surface area contributed by atoms with E-state index in [-0.39, 0.29) is 11.7 Å². The number of rotatable bonds is 6. The van der Waals surface area contributed by atoms with E-state index in [9.17, 15) is 9.18 Å². The molecule has 140 valence electrons. The van der Waals surface area contributed by atoms with Crippen LogP contribution in [0.1, 0.15) is 41.2 Å². The number of halogens is 1.